The molecular weight excluding hydrogens is 1830 g/mol. The van der Waals surface area contributed by atoms with Gasteiger partial charge in [-0.3, -0.25) is 10.1 Å². The van der Waals surface area contributed by atoms with Gasteiger partial charge in [-0.2, -0.15) is 0 Å². The molecule has 4 heterocycles. The van der Waals surface area contributed by atoms with E-state index >= 15 is 0 Å². The van der Waals surface area contributed by atoms with Gasteiger partial charge in [-0.05, 0) is 203 Å². The highest BCUT2D eigenvalue weighted by atomic mass is 19.3. The zero-order valence-corrected chi connectivity index (χ0v) is 79.7. The molecule has 0 radical (unpaired) electrons. The fourth-order valence-electron chi connectivity index (χ4n) is 11.0. The van der Waals surface area contributed by atoms with Crippen LogP contribution in [0.15, 0.2) is 54.5 Å². The van der Waals surface area contributed by atoms with Crippen molar-refractivity contribution in [3.63, 3.8) is 0 Å². The number of nitrogens with two attached hydrogens (primary N) is 2. The average Bonchev–Trinajstić information content (AvgIpc) is 1.12. The number of esters is 3. The molecule has 0 saturated heterocycles. The summed E-state index contributed by atoms with van der Waals surface area (Å²) >= 11 is 0. The number of carbonyl (C=O) groups excluding carboxylic acids is 8. The number of alkyl halides is 10. The van der Waals surface area contributed by atoms with Gasteiger partial charge in [0.25, 0.3) is 32.1 Å². The van der Waals surface area contributed by atoms with Crippen molar-refractivity contribution in [1.29, 1.82) is 0 Å². The molecule has 0 aromatic carbocycles. The summed E-state index contributed by atoms with van der Waals surface area (Å²) in [5.41, 5.74) is -6.47. The van der Waals surface area contributed by atoms with Crippen molar-refractivity contribution in [1.82, 2.24) is 31.0 Å². The van der Waals surface area contributed by atoms with Gasteiger partial charge >= 0.3 is 90.8 Å². The zero-order valence-electron chi connectivity index (χ0n) is 79.7. The molecule has 0 aliphatic carbocycles. The summed E-state index contributed by atoms with van der Waals surface area (Å²) in [6, 6.07) is 0. The fraction of sp³-hybridized carbons (Fsp3) is 0.728. The lowest BCUT2D eigenvalue weighted by Crippen LogP contribution is -2.64. The normalized spacial score (nSPS) is 13.9. The summed E-state index contributed by atoms with van der Waals surface area (Å²) in [6.45, 7) is 34.0. The second kappa shape index (κ2) is 55.8. The molecule has 134 heavy (non-hydrogen) atoms. The first-order valence-corrected chi connectivity index (χ1v) is 41.3. The minimum Gasteiger partial charge on any atom is -0.480 e. The third-order valence-electron chi connectivity index (χ3n) is 17.7. The van der Waals surface area contributed by atoms with Gasteiger partial charge in [0.1, 0.15) is 51.0 Å². The van der Waals surface area contributed by atoms with Gasteiger partial charge in [-0.15, -0.1) is 0 Å². The number of halogens is 10. The minimum absolute atomic E-state index is 0.00696. The van der Waals surface area contributed by atoms with Crippen LogP contribution in [0.4, 0.5) is 67.9 Å². The maximum Gasteiger partial charge on any atom is 0.519 e. The highest BCUT2D eigenvalue weighted by Crippen LogP contribution is 2.36. The first-order valence-electron chi connectivity index (χ1n) is 41.3. The van der Waals surface area contributed by atoms with Crippen molar-refractivity contribution in [2.24, 2.45) is 11.5 Å². The molecule has 0 bridgehead atoms. The Morgan fingerprint density at radius 2 is 0.791 bits per heavy atom. The number of amides is 3. The van der Waals surface area contributed by atoms with E-state index in [1.54, 1.807) is 125 Å². The van der Waals surface area contributed by atoms with E-state index < -0.39 is 192 Å². The van der Waals surface area contributed by atoms with Crippen LogP contribution in [-0.4, -0.2) is 221 Å². The van der Waals surface area contributed by atoms with Crippen molar-refractivity contribution >= 4 is 67.5 Å². The topological polar surface area (TPSA) is 594 Å². The monoisotopic (exact) mass is 1960 g/mol. The van der Waals surface area contributed by atoms with Crippen LogP contribution in [0.2, 0.25) is 6.82 Å². The van der Waals surface area contributed by atoms with Crippen molar-refractivity contribution in [2.75, 3.05) is 41.0 Å². The Balaban J connectivity index is 0. The summed E-state index contributed by atoms with van der Waals surface area (Å²) < 4.78 is 215. The molecule has 4 aromatic rings. The van der Waals surface area contributed by atoms with Crippen LogP contribution in [0.25, 0.3) is 0 Å². The lowest BCUT2D eigenvalue weighted by atomic mass is 9.75. The molecule has 770 valence electrons. The van der Waals surface area contributed by atoms with Crippen LogP contribution in [-0.2, 0) is 92.8 Å². The molecule has 5 atom stereocenters. The van der Waals surface area contributed by atoms with E-state index in [2.05, 4.69) is 29.3 Å². The number of carbonyl (C=O) groups is 10. The first-order chi connectivity index (χ1) is 61.3. The van der Waals surface area contributed by atoms with Crippen LogP contribution in [0.1, 0.15) is 241 Å². The number of unbranched alkanes of at least 4 members (excludes halogenated alkanes) is 2. The number of aliphatic carboxylic acids is 2. The third-order valence-corrected chi connectivity index (χ3v) is 17.7. The summed E-state index contributed by atoms with van der Waals surface area (Å²) in [6.07, 6.45) is -21.0. The van der Waals surface area contributed by atoms with E-state index in [0.29, 0.717) is 30.8 Å². The SMILES string of the molecule is CC(C)(C)OC(=O)OC(=O)OC(C)(C)C.CCCCC(NC(=O)OC(C)(C)C)(C(=O)O)C(F)F.CCCCC(NC(=O)OC(C)(C)C)(C(=O)OC)C(F)F.COC(=O)C(CCCN(Cc1oc(=O)oc1C)C(=O)OC(C)(C)C)(C(F)F)N(Cc1oc(=O)oc1C)B(C)O.COC(=O)C(CCCNCc1oc(=O)oc1C)(NCc1oc(=O)oc1C)C(F)F.NCCCC(N)(C(=O)O)C(F)F. The summed E-state index contributed by atoms with van der Waals surface area (Å²) in [5.74, 6) is -10.3. The van der Waals surface area contributed by atoms with Gasteiger partial charge in [-0.25, -0.2) is 111 Å². The molecule has 0 aliphatic heterocycles. The van der Waals surface area contributed by atoms with E-state index in [1.807, 2.05) is 10.6 Å². The lowest BCUT2D eigenvalue weighted by molar-refractivity contribution is -0.165. The summed E-state index contributed by atoms with van der Waals surface area (Å²) in [5, 5.41) is 37.0. The van der Waals surface area contributed by atoms with Crippen LogP contribution >= 0.6 is 0 Å². The number of carboxylic acid groups (broad SMARTS) is 2. The van der Waals surface area contributed by atoms with E-state index in [1.165, 1.54) is 20.8 Å². The van der Waals surface area contributed by atoms with Crippen LogP contribution < -0.4 is 56.0 Å². The second-order valence-electron chi connectivity index (χ2n) is 34.5. The van der Waals surface area contributed by atoms with Crippen LogP contribution in [0.3, 0.4) is 0 Å². The minimum atomic E-state index is -3.39. The van der Waals surface area contributed by atoms with E-state index in [4.69, 9.17) is 81.0 Å². The first kappa shape index (κ1) is 125. The molecule has 4 rings (SSSR count). The molecular formula is C81H129BF10N8O34. The highest BCUT2D eigenvalue weighted by molar-refractivity contribution is 6.46. The number of alkyl carbamates (subject to hydrolysis) is 2. The van der Waals surface area contributed by atoms with E-state index in [9.17, 15) is 116 Å². The molecule has 4 aromatic heterocycles. The number of ether oxygens (including phenoxy) is 9. The van der Waals surface area contributed by atoms with Gasteiger partial charge in [-0.1, -0.05) is 39.5 Å². The largest absolute Gasteiger partial charge is 0.519 e. The average molecular weight is 1960 g/mol. The van der Waals surface area contributed by atoms with Gasteiger partial charge < -0.3 is 126 Å². The molecule has 0 fully saturated rings. The summed E-state index contributed by atoms with van der Waals surface area (Å²) in [7, 11) is 1.29. The van der Waals surface area contributed by atoms with E-state index in [-0.39, 0.29) is 125 Å². The number of methoxy groups -OCH3 is 3. The maximum atomic E-state index is 14.8. The van der Waals surface area contributed by atoms with Gasteiger partial charge in [0.15, 0.2) is 39.7 Å². The van der Waals surface area contributed by atoms with Gasteiger partial charge in [0.05, 0.1) is 47.5 Å². The van der Waals surface area contributed by atoms with Crippen molar-refractivity contribution in [3.8, 4) is 0 Å². The highest BCUT2D eigenvalue weighted by Gasteiger charge is 2.57. The lowest BCUT2D eigenvalue weighted by Gasteiger charge is -2.41. The molecule has 53 heteroatoms. The Morgan fingerprint density at radius 1 is 0.433 bits per heavy atom. The number of rotatable bonds is 40. The number of aryl methyl sites for hydroxylation is 4. The molecule has 11 N–H and O–H groups in total. The molecule has 5 unspecified atom stereocenters. The Labute approximate surface area is 765 Å². The number of carboxylic acids is 2. The summed E-state index contributed by atoms with van der Waals surface area (Å²) in [4.78, 5) is 163. The van der Waals surface area contributed by atoms with Crippen LogP contribution in [0.5, 0.6) is 0 Å². The Hall–Kier alpha value is -10.9. The molecule has 0 spiro atoms. The third kappa shape index (κ3) is 43.2. The van der Waals surface area contributed by atoms with Crippen molar-refractivity contribution in [2.45, 2.75) is 343 Å². The van der Waals surface area contributed by atoms with Gasteiger partial charge in [0, 0.05) is 6.54 Å². The maximum absolute atomic E-state index is 14.8. The van der Waals surface area contributed by atoms with Crippen LogP contribution in [0, 0.1) is 27.7 Å². The molecule has 0 aliphatic rings. The number of hydrogen-bond donors (Lipinski definition) is 9. The Kier molecular flexibility index (Phi) is 52.1. The fourth-order valence-corrected chi connectivity index (χ4v) is 11.0. The standard InChI is InChI=1S/C23H33BF2N2O11.C17H22F2N2O8.C13H23F2NO4.C12H21F2NO4.C10H18O5.C6H12F2N2O2/c1-13-15(37-20(31)35-13)11-27(19(30)39-22(3,4)5)10-8-9-23(17(25)26,18(29)34-7)28(24(6)33)12-16-14(2)36-21(32)38-16;1-9-11(28-15(23)26-9)7-20-6-4-5-17(13(18)19,14(22)25-3)21-8-12-10(2)27-16(24)29-12;1-6-7-8-13(9(14)15,10(17)19-5)16-11(18)20-12(2,3)4;1-5-6-7-12(8(13)14,9(16)17)15-10(18)19-11(2,3)4;1-9(2,3)14-7(11)13-8(12)15-10(4,5)6;7-4(8)6(10,5(11)12)2-1-3-9/h17,33H,8-12H2,1-7H3;13,20-21H,4-8H2,1-3H3;9H,6-8H2,1-5H3,(H,16,18);8H,5-7H2,1-4H3,(H,15,18)(H,16,17);1-6H3;4H,1-3,9-10H2,(H,11,12). The van der Waals surface area contributed by atoms with E-state index in [0.717, 1.165) is 37.9 Å². The Bertz CT molecular complexity index is 4550. The molecule has 42 nitrogen and oxygen atoms in total. The quantitative estimate of drug-likeness (QED) is 0.00499. The number of hydrogen-bond acceptors (Lipinski definition) is 37. The van der Waals surface area contributed by atoms with Crippen molar-refractivity contribution in [3.05, 3.63) is 88.5 Å². The predicted octanol–water partition coefficient (Wildman–Crippen LogP) is 12.2. The zero-order chi connectivity index (χ0) is 105. The van der Waals surface area contributed by atoms with Gasteiger partial charge in [0.2, 0.25) is 11.1 Å². The predicted molar refractivity (Wildman–Crippen MR) is 450 cm³/mol. The molecule has 3 amide bonds. The Morgan fingerprint density at radius 3 is 1.11 bits per heavy atom. The number of nitrogens with zero attached hydrogens (tertiary/aromatic N) is 2. The molecule has 0 saturated carbocycles. The second-order valence-corrected chi connectivity index (χ2v) is 34.5. The number of nitrogens with one attached hydrogen (secondary N) is 4. The van der Waals surface area contributed by atoms with Crippen molar-refractivity contribution < 1.29 is 185 Å². The smallest absolute Gasteiger partial charge is 0.480 e.